The number of carbonyl (C=O) groups is 2. The molecule has 0 radical (unpaired) electrons. The van der Waals surface area contributed by atoms with E-state index in [2.05, 4.69) is 52.5 Å². The fourth-order valence-electron chi connectivity index (χ4n) is 8.58. The maximum Gasteiger partial charge on any atom is 0.326 e. The maximum absolute atomic E-state index is 14.4. The summed E-state index contributed by atoms with van der Waals surface area (Å²) in [6.07, 6.45) is 9.77. The Morgan fingerprint density at radius 1 is 0.951 bits per heavy atom. The van der Waals surface area contributed by atoms with E-state index in [4.69, 9.17) is 37.4 Å². The predicted octanol–water partition coefficient (Wildman–Crippen LogP) is 10.2. The first-order valence-corrected chi connectivity index (χ1v) is 21.6. The molecule has 4 aromatic carbocycles. The summed E-state index contributed by atoms with van der Waals surface area (Å²) in [6, 6.07) is 27.7. The minimum Gasteiger partial charge on any atom is -0.489 e. The largest absolute Gasteiger partial charge is 0.489 e. The third-order valence-electron chi connectivity index (χ3n) is 12.1. The molecule has 3 heterocycles. The van der Waals surface area contributed by atoms with Gasteiger partial charge in [-0.3, -0.25) is 14.7 Å². The van der Waals surface area contributed by atoms with Crippen molar-refractivity contribution < 1.29 is 28.9 Å². The van der Waals surface area contributed by atoms with Gasteiger partial charge in [0.25, 0.3) is 0 Å². The van der Waals surface area contributed by atoms with Gasteiger partial charge in [-0.15, -0.1) is 0 Å². The van der Waals surface area contributed by atoms with Gasteiger partial charge in [0.2, 0.25) is 5.91 Å². The van der Waals surface area contributed by atoms with E-state index in [1.807, 2.05) is 86.7 Å². The van der Waals surface area contributed by atoms with Crippen molar-refractivity contribution in [2.45, 2.75) is 83.8 Å². The van der Waals surface area contributed by atoms with Gasteiger partial charge in [0.15, 0.2) is 11.5 Å². The molecule has 1 aliphatic carbocycles. The van der Waals surface area contributed by atoms with Gasteiger partial charge in [0, 0.05) is 36.8 Å². The lowest BCUT2D eigenvalue weighted by Crippen LogP contribution is -2.55. The number of hydrogen-bond donors (Lipinski definition) is 2. The minimum absolute atomic E-state index is 0.0867. The number of pyridine rings is 1. The van der Waals surface area contributed by atoms with Crippen LogP contribution in [0.3, 0.4) is 0 Å². The molecular formula is C50H49Cl2N3O6. The van der Waals surface area contributed by atoms with Crippen LogP contribution in [0.25, 0.3) is 11.1 Å². The van der Waals surface area contributed by atoms with Gasteiger partial charge >= 0.3 is 5.97 Å². The van der Waals surface area contributed by atoms with Crippen LogP contribution in [0.2, 0.25) is 10.0 Å². The van der Waals surface area contributed by atoms with Gasteiger partial charge in [-0.1, -0.05) is 96.9 Å². The van der Waals surface area contributed by atoms with E-state index < -0.39 is 18.1 Å². The zero-order valence-electron chi connectivity index (χ0n) is 34.4. The molecule has 0 saturated heterocycles. The Morgan fingerprint density at radius 3 is 2.44 bits per heavy atom. The number of halogens is 2. The Bertz CT molecular complexity index is 2470. The Labute approximate surface area is 367 Å². The number of aryl methyl sites for hydroxylation is 1. The number of carbonyl (C=O) groups excluding carboxylic acids is 1. The van der Waals surface area contributed by atoms with E-state index in [9.17, 15) is 14.7 Å². The summed E-state index contributed by atoms with van der Waals surface area (Å²) in [5, 5.41) is 14.3. The highest BCUT2D eigenvalue weighted by Gasteiger charge is 2.39. The van der Waals surface area contributed by atoms with Crippen molar-refractivity contribution in [1.29, 1.82) is 0 Å². The molecule has 1 amide bonds. The molecule has 5 atom stereocenters. The number of aliphatic carboxylic acids is 1. The monoisotopic (exact) mass is 857 g/mol. The van der Waals surface area contributed by atoms with Crippen LogP contribution < -0.4 is 14.8 Å². The molecule has 8 rings (SSSR count). The molecule has 11 heteroatoms. The van der Waals surface area contributed by atoms with Gasteiger partial charge in [-0.25, -0.2) is 4.79 Å². The van der Waals surface area contributed by atoms with E-state index in [-0.39, 0.29) is 30.4 Å². The minimum atomic E-state index is -1.12. The number of nitrogens with one attached hydrogen (secondary N) is 1. The average molecular weight is 859 g/mol. The lowest BCUT2D eigenvalue weighted by atomic mass is 9.88. The first-order chi connectivity index (χ1) is 29.5. The van der Waals surface area contributed by atoms with Gasteiger partial charge in [-0.05, 0) is 120 Å². The van der Waals surface area contributed by atoms with Gasteiger partial charge in [0.05, 0.1) is 16.1 Å². The SMILES string of the molecule is CC[C@@H](c1ccccc1)N1Cc2cc3c(cc2C[C@H]1C(=O)N[C@@H](Cc1ccc(-c2ccnc(C)c2C)cc1)C(=O)O)OC[C@H](C1C=CC(OCc2ccc(Cl)c(Cl)c2)=CC1)O3. The summed E-state index contributed by atoms with van der Waals surface area (Å²) in [5.41, 5.74) is 9.05. The lowest BCUT2D eigenvalue weighted by Gasteiger charge is -2.42. The Hall–Kier alpha value is -5.61. The third-order valence-corrected chi connectivity index (χ3v) is 12.9. The number of rotatable bonds is 13. The highest BCUT2D eigenvalue weighted by atomic mass is 35.5. The molecule has 0 bridgehead atoms. The zero-order valence-corrected chi connectivity index (χ0v) is 36.0. The van der Waals surface area contributed by atoms with Crippen molar-refractivity contribution in [1.82, 2.24) is 15.2 Å². The predicted molar refractivity (Wildman–Crippen MR) is 238 cm³/mol. The molecule has 0 saturated carbocycles. The second-order valence-corrected chi connectivity index (χ2v) is 16.8. The molecule has 1 unspecified atom stereocenters. The number of amides is 1. The number of fused-ring (bicyclic) bond motifs is 2. The highest BCUT2D eigenvalue weighted by molar-refractivity contribution is 6.42. The number of carboxylic acid groups (broad SMARTS) is 1. The molecule has 5 aromatic rings. The number of aromatic nitrogens is 1. The van der Waals surface area contributed by atoms with E-state index in [0.717, 1.165) is 68.8 Å². The van der Waals surface area contributed by atoms with Crippen LogP contribution in [0.15, 0.2) is 121 Å². The fraction of sp³-hybridized carbons (Fsp3) is 0.300. The van der Waals surface area contributed by atoms with Crippen LogP contribution in [-0.4, -0.2) is 51.7 Å². The number of hydrogen-bond acceptors (Lipinski definition) is 7. The molecule has 314 valence electrons. The zero-order chi connectivity index (χ0) is 42.6. The Balaban J connectivity index is 0.975. The molecule has 0 spiro atoms. The fourth-order valence-corrected chi connectivity index (χ4v) is 8.90. The number of ether oxygens (including phenoxy) is 3. The summed E-state index contributed by atoms with van der Waals surface area (Å²) in [5.74, 6) is 0.786. The summed E-state index contributed by atoms with van der Waals surface area (Å²) >= 11 is 12.2. The molecule has 61 heavy (non-hydrogen) atoms. The summed E-state index contributed by atoms with van der Waals surface area (Å²) in [4.78, 5) is 33.8. The molecule has 1 aromatic heterocycles. The maximum atomic E-state index is 14.4. The first-order valence-electron chi connectivity index (χ1n) is 20.8. The summed E-state index contributed by atoms with van der Waals surface area (Å²) in [6.45, 7) is 7.37. The van der Waals surface area contributed by atoms with Crippen LogP contribution in [0.5, 0.6) is 11.5 Å². The Kier molecular flexibility index (Phi) is 12.8. The van der Waals surface area contributed by atoms with Crippen molar-refractivity contribution in [2.24, 2.45) is 5.92 Å². The molecule has 2 N–H and O–H groups in total. The van der Waals surface area contributed by atoms with Gasteiger partial charge < -0.3 is 24.6 Å². The molecule has 9 nitrogen and oxygen atoms in total. The number of allylic oxidation sites excluding steroid dienone is 2. The second kappa shape index (κ2) is 18.6. The van der Waals surface area contributed by atoms with Crippen molar-refractivity contribution in [3.05, 3.63) is 170 Å². The van der Waals surface area contributed by atoms with Gasteiger partial charge in [0.1, 0.15) is 31.1 Å². The van der Waals surface area contributed by atoms with Crippen LogP contribution >= 0.6 is 23.2 Å². The van der Waals surface area contributed by atoms with Crippen LogP contribution in [0.1, 0.15) is 64.9 Å². The highest BCUT2D eigenvalue weighted by Crippen LogP contribution is 2.42. The standard InChI is InChI=1S/C50H49Cl2N3O6/c1-4-44(35-8-6-5-7-9-35)55-27-38-26-47-46(60-29-48(61-47)36-15-17-39(18-16-36)59-28-33-12-19-41(51)42(52)22-33)25-37(38)24-45(55)49(56)54-43(50(57)58)23-32-10-13-34(14-11-32)40-20-21-53-31(3)30(40)2/h5-15,17-22,25-26,36,43-45,48H,4,16,23-24,27-29H2,1-3H3,(H,54,56)(H,57,58)/t36?,43-,44-,45-,48+/m0/s1. The van der Waals surface area contributed by atoms with Crippen molar-refractivity contribution in [3.8, 4) is 22.6 Å². The van der Waals surface area contributed by atoms with Crippen molar-refractivity contribution in [2.75, 3.05) is 6.61 Å². The van der Waals surface area contributed by atoms with E-state index in [1.54, 1.807) is 12.3 Å². The number of carboxylic acids is 1. The number of benzene rings is 4. The van der Waals surface area contributed by atoms with E-state index in [0.29, 0.717) is 47.7 Å². The molecule has 2 aliphatic heterocycles. The third kappa shape index (κ3) is 9.49. The quantitative estimate of drug-likeness (QED) is 0.120. The lowest BCUT2D eigenvalue weighted by molar-refractivity contribution is -0.143. The van der Waals surface area contributed by atoms with E-state index >= 15 is 0 Å². The Morgan fingerprint density at radius 2 is 1.72 bits per heavy atom. The van der Waals surface area contributed by atoms with E-state index in [1.165, 1.54) is 0 Å². The van der Waals surface area contributed by atoms with Crippen LogP contribution in [-0.2, 0) is 40.3 Å². The molecular weight excluding hydrogens is 809 g/mol. The molecule has 0 fully saturated rings. The van der Waals surface area contributed by atoms with Crippen molar-refractivity contribution in [3.63, 3.8) is 0 Å². The first kappa shape index (κ1) is 42.1. The normalized spacial score (nSPS) is 19.3. The average Bonchev–Trinajstić information content (AvgIpc) is 3.27. The smallest absolute Gasteiger partial charge is 0.326 e. The second-order valence-electron chi connectivity index (χ2n) is 16.0. The van der Waals surface area contributed by atoms with Crippen molar-refractivity contribution >= 4 is 35.1 Å². The number of nitrogens with zero attached hydrogens (tertiary/aromatic N) is 2. The topological polar surface area (TPSA) is 110 Å². The van der Waals surface area contributed by atoms with Crippen LogP contribution in [0, 0.1) is 19.8 Å². The molecule has 3 aliphatic rings. The van der Waals surface area contributed by atoms with Gasteiger partial charge in [-0.2, -0.15) is 0 Å². The summed E-state index contributed by atoms with van der Waals surface area (Å²) in [7, 11) is 0. The van der Waals surface area contributed by atoms with Crippen LogP contribution in [0.4, 0.5) is 0 Å². The summed E-state index contributed by atoms with van der Waals surface area (Å²) < 4.78 is 19.0.